The van der Waals surface area contributed by atoms with Crippen molar-refractivity contribution in [1.82, 2.24) is 5.48 Å². The summed E-state index contributed by atoms with van der Waals surface area (Å²) in [6, 6.07) is 0. The lowest BCUT2D eigenvalue weighted by Gasteiger charge is -2.15. The van der Waals surface area contributed by atoms with Crippen LogP contribution in [0.25, 0.3) is 0 Å². The Bertz CT molecular complexity index is 115. The number of hydrogen-bond acceptors (Lipinski definition) is 2. The summed E-state index contributed by atoms with van der Waals surface area (Å²) in [4.78, 5) is 5.36. The van der Waals surface area contributed by atoms with Gasteiger partial charge in [-0.1, -0.05) is 47.0 Å². The molecule has 0 aromatic carbocycles. The van der Waals surface area contributed by atoms with Gasteiger partial charge in [0.2, 0.25) is 0 Å². The number of hydrogen-bond donors (Lipinski definition) is 1. The minimum absolute atomic E-state index is 0.609. The van der Waals surface area contributed by atoms with Crippen LogP contribution in [-0.4, -0.2) is 13.2 Å². The average Bonchev–Trinajstić information content (AvgIpc) is 2.16. The highest BCUT2D eigenvalue weighted by Gasteiger charge is 2.05. The second-order valence-electron chi connectivity index (χ2n) is 4.47. The monoisotopic (exact) mass is 201 g/mol. The van der Waals surface area contributed by atoms with Gasteiger partial charge in [0.1, 0.15) is 0 Å². The van der Waals surface area contributed by atoms with Crippen molar-refractivity contribution in [1.29, 1.82) is 0 Å². The standard InChI is InChI=1S/C12H27NO/c1-5-7-8-12(6-2)9-13-14-10-11(3)4/h11-13H,5-10H2,1-4H3. The third-order valence-electron chi connectivity index (χ3n) is 2.43. The molecule has 1 unspecified atom stereocenters. The van der Waals surface area contributed by atoms with Crippen molar-refractivity contribution in [2.45, 2.75) is 53.4 Å². The summed E-state index contributed by atoms with van der Waals surface area (Å²) < 4.78 is 0. The zero-order valence-electron chi connectivity index (χ0n) is 10.3. The zero-order chi connectivity index (χ0) is 10.8. The van der Waals surface area contributed by atoms with Gasteiger partial charge >= 0.3 is 0 Å². The molecule has 0 aliphatic heterocycles. The van der Waals surface area contributed by atoms with E-state index in [1.807, 2.05) is 0 Å². The first-order valence-electron chi connectivity index (χ1n) is 6.05. The molecule has 0 amide bonds. The predicted octanol–water partition coefficient (Wildman–Crippen LogP) is 3.38. The second kappa shape index (κ2) is 9.47. The lowest BCUT2D eigenvalue weighted by atomic mass is 10.00. The maximum absolute atomic E-state index is 5.36. The van der Waals surface area contributed by atoms with E-state index in [2.05, 4.69) is 33.2 Å². The van der Waals surface area contributed by atoms with Crippen LogP contribution in [0.2, 0.25) is 0 Å². The molecular weight excluding hydrogens is 174 g/mol. The largest absolute Gasteiger partial charge is 0.302 e. The van der Waals surface area contributed by atoms with Gasteiger partial charge in [0, 0.05) is 6.54 Å². The number of hydroxylamine groups is 1. The summed E-state index contributed by atoms with van der Waals surface area (Å²) in [7, 11) is 0. The van der Waals surface area contributed by atoms with E-state index in [1.165, 1.54) is 25.7 Å². The molecule has 0 aromatic rings. The molecule has 0 aromatic heterocycles. The summed E-state index contributed by atoms with van der Waals surface area (Å²) in [5.41, 5.74) is 3.08. The Morgan fingerprint density at radius 2 is 1.93 bits per heavy atom. The summed E-state index contributed by atoms with van der Waals surface area (Å²) in [6.07, 6.45) is 5.21. The molecule has 14 heavy (non-hydrogen) atoms. The molecule has 0 aliphatic rings. The Morgan fingerprint density at radius 1 is 1.21 bits per heavy atom. The van der Waals surface area contributed by atoms with E-state index in [9.17, 15) is 0 Å². The number of nitrogens with one attached hydrogen (secondary N) is 1. The first-order chi connectivity index (χ1) is 6.70. The number of unbranched alkanes of at least 4 members (excludes halogenated alkanes) is 1. The maximum atomic E-state index is 5.36. The van der Waals surface area contributed by atoms with Crippen LogP contribution in [0.1, 0.15) is 53.4 Å². The summed E-state index contributed by atoms with van der Waals surface area (Å²) >= 11 is 0. The molecule has 0 saturated heterocycles. The van der Waals surface area contributed by atoms with Gasteiger partial charge < -0.3 is 4.84 Å². The van der Waals surface area contributed by atoms with Crippen LogP contribution in [0, 0.1) is 11.8 Å². The van der Waals surface area contributed by atoms with Crippen molar-refractivity contribution < 1.29 is 4.84 Å². The molecule has 0 rings (SSSR count). The SMILES string of the molecule is CCCCC(CC)CNOCC(C)C. The van der Waals surface area contributed by atoms with E-state index in [4.69, 9.17) is 4.84 Å². The van der Waals surface area contributed by atoms with Crippen molar-refractivity contribution in [3.63, 3.8) is 0 Å². The Hall–Kier alpha value is -0.0800. The van der Waals surface area contributed by atoms with Crippen molar-refractivity contribution >= 4 is 0 Å². The van der Waals surface area contributed by atoms with Gasteiger partial charge in [-0.25, -0.2) is 5.48 Å². The van der Waals surface area contributed by atoms with Gasteiger partial charge in [0.05, 0.1) is 6.61 Å². The van der Waals surface area contributed by atoms with Crippen molar-refractivity contribution in [2.24, 2.45) is 11.8 Å². The van der Waals surface area contributed by atoms with Crippen LogP contribution in [0.3, 0.4) is 0 Å². The van der Waals surface area contributed by atoms with Crippen molar-refractivity contribution in [3.8, 4) is 0 Å². The topological polar surface area (TPSA) is 21.3 Å². The Labute approximate surface area is 89.4 Å². The van der Waals surface area contributed by atoms with E-state index in [1.54, 1.807) is 0 Å². The molecule has 0 radical (unpaired) electrons. The molecule has 0 spiro atoms. The predicted molar refractivity (Wildman–Crippen MR) is 62.1 cm³/mol. The molecule has 2 nitrogen and oxygen atoms in total. The van der Waals surface area contributed by atoms with Gasteiger partial charge in [0.25, 0.3) is 0 Å². The van der Waals surface area contributed by atoms with E-state index < -0.39 is 0 Å². The van der Waals surface area contributed by atoms with Gasteiger partial charge in [-0.05, 0) is 18.3 Å². The van der Waals surface area contributed by atoms with E-state index in [0.717, 1.165) is 19.1 Å². The van der Waals surface area contributed by atoms with Crippen LogP contribution in [0.15, 0.2) is 0 Å². The van der Waals surface area contributed by atoms with Gasteiger partial charge in [0.15, 0.2) is 0 Å². The Kier molecular flexibility index (Phi) is 9.42. The van der Waals surface area contributed by atoms with Crippen LogP contribution in [0.5, 0.6) is 0 Å². The first-order valence-corrected chi connectivity index (χ1v) is 6.05. The molecule has 1 atom stereocenters. The lowest BCUT2D eigenvalue weighted by Crippen LogP contribution is -2.24. The lowest BCUT2D eigenvalue weighted by molar-refractivity contribution is 0.0149. The van der Waals surface area contributed by atoms with Crippen LogP contribution >= 0.6 is 0 Å². The molecule has 0 heterocycles. The van der Waals surface area contributed by atoms with Gasteiger partial charge in [-0.3, -0.25) is 0 Å². The number of rotatable bonds is 9. The molecule has 1 N–H and O–H groups in total. The molecular formula is C12H27NO. The van der Waals surface area contributed by atoms with Gasteiger partial charge in [-0.15, -0.1) is 0 Å². The highest BCUT2D eigenvalue weighted by atomic mass is 16.6. The summed E-state index contributed by atoms with van der Waals surface area (Å²) in [5.74, 6) is 1.39. The molecule has 86 valence electrons. The molecule has 0 aliphatic carbocycles. The van der Waals surface area contributed by atoms with Crippen LogP contribution in [-0.2, 0) is 4.84 Å². The normalized spacial score (nSPS) is 13.5. The van der Waals surface area contributed by atoms with Gasteiger partial charge in [-0.2, -0.15) is 0 Å². The van der Waals surface area contributed by atoms with E-state index in [0.29, 0.717) is 5.92 Å². The summed E-state index contributed by atoms with van der Waals surface area (Å²) in [6.45, 7) is 10.6. The Morgan fingerprint density at radius 3 is 2.43 bits per heavy atom. The minimum atomic E-state index is 0.609. The van der Waals surface area contributed by atoms with Crippen molar-refractivity contribution in [2.75, 3.05) is 13.2 Å². The highest BCUT2D eigenvalue weighted by molar-refractivity contribution is 4.57. The second-order valence-corrected chi connectivity index (χ2v) is 4.47. The first kappa shape index (κ1) is 13.9. The third-order valence-corrected chi connectivity index (χ3v) is 2.43. The molecule has 2 heteroatoms. The molecule has 0 bridgehead atoms. The van der Waals surface area contributed by atoms with Crippen molar-refractivity contribution in [3.05, 3.63) is 0 Å². The third kappa shape index (κ3) is 8.52. The summed E-state index contributed by atoms with van der Waals surface area (Å²) in [5, 5.41) is 0. The fraction of sp³-hybridized carbons (Fsp3) is 1.00. The zero-order valence-corrected chi connectivity index (χ0v) is 10.3. The minimum Gasteiger partial charge on any atom is -0.302 e. The fourth-order valence-electron chi connectivity index (χ4n) is 1.35. The van der Waals surface area contributed by atoms with E-state index in [-0.39, 0.29) is 0 Å². The average molecular weight is 201 g/mol. The highest BCUT2D eigenvalue weighted by Crippen LogP contribution is 2.11. The smallest absolute Gasteiger partial charge is 0.0705 e. The fourth-order valence-corrected chi connectivity index (χ4v) is 1.35. The Balaban J connectivity index is 3.33. The van der Waals surface area contributed by atoms with Crippen LogP contribution in [0.4, 0.5) is 0 Å². The van der Waals surface area contributed by atoms with Crippen LogP contribution < -0.4 is 5.48 Å². The van der Waals surface area contributed by atoms with E-state index >= 15 is 0 Å². The molecule has 0 saturated carbocycles. The quantitative estimate of drug-likeness (QED) is 0.456. The maximum Gasteiger partial charge on any atom is 0.0705 e. The molecule has 0 fully saturated rings.